The summed E-state index contributed by atoms with van der Waals surface area (Å²) in [4.78, 5) is 0. The van der Waals surface area contributed by atoms with Crippen molar-refractivity contribution in [2.45, 2.75) is 6.92 Å². The van der Waals surface area contributed by atoms with Gasteiger partial charge in [0, 0.05) is 10.0 Å². The van der Waals surface area contributed by atoms with E-state index in [0.717, 1.165) is 15.6 Å². The van der Waals surface area contributed by atoms with Gasteiger partial charge in [-0.15, -0.1) is 5.10 Å². The summed E-state index contributed by atoms with van der Waals surface area (Å²) in [5.74, 6) is 0.446. The first-order chi connectivity index (χ1) is 6.68. The van der Waals surface area contributed by atoms with Gasteiger partial charge in [-0.1, -0.05) is 27.1 Å². The van der Waals surface area contributed by atoms with Crippen LogP contribution in [0.5, 0.6) is 0 Å². The molecule has 1 aromatic carbocycles. The molecule has 0 saturated heterocycles. The second kappa shape index (κ2) is 3.42. The van der Waals surface area contributed by atoms with Crippen molar-refractivity contribution in [2.75, 3.05) is 5.73 Å². The van der Waals surface area contributed by atoms with Crippen LogP contribution < -0.4 is 5.73 Å². The van der Waals surface area contributed by atoms with Gasteiger partial charge in [0.25, 0.3) is 0 Å². The fraction of sp³-hybridized carbons (Fsp3) is 0.111. The lowest BCUT2D eigenvalue weighted by atomic mass is 10.1. The van der Waals surface area contributed by atoms with Crippen LogP contribution in [0, 0.1) is 6.92 Å². The number of aromatic nitrogens is 2. The topological polar surface area (TPSA) is 64.9 Å². The van der Waals surface area contributed by atoms with Gasteiger partial charge >= 0.3 is 6.01 Å². The molecule has 4 nitrogen and oxygen atoms in total. The Balaban J connectivity index is 2.57. The van der Waals surface area contributed by atoms with Gasteiger partial charge < -0.3 is 10.2 Å². The quantitative estimate of drug-likeness (QED) is 0.848. The standard InChI is InChI=1S/C9H8BrN3O/c1-5-6(3-2-4-7(5)10)8-12-13-9(11)14-8/h2-4H,1H3,(H2,11,13). The van der Waals surface area contributed by atoms with Crippen LogP contribution in [-0.2, 0) is 0 Å². The number of benzene rings is 1. The molecule has 0 unspecified atom stereocenters. The molecule has 2 aromatic rings. The van der Waals surface area contributed by atoms with Crippen LogP contribution in [0.1, 0.15) is 5.56 Å². The van der Waals surface area contributed by atoms with Gasteiger partial charge in [-0.2, -0.15) is 0 Å². The minimum absolute atomic E-state index is 0.0828. The SMILES string of the molecule is Cc1c(Br)cccc1-c1nnc(N)o1. The summed E-state index contributed by atoms with van der Waals surface area (Å²) in [7, 11) is 0. The Morgan fingerprint density at radius 2 is 2.14 bits per heavy atom. The zero-order valence-corrected chi connectivity index (χ0v) is 9.08. The first-order valence-corrected chi connectivity index (χ1v) is 4.82. The lowest BCUT2D eigenvalue weighted by Crippen LogP contribution is -1.84. The molecule has 2 N–H and O–H groups in total. The van der Waals surface area contributed by atoms with Crippen molar-refractivity contribution in [3.05, 3.63) is 28.2 Å². The number of rotatable bonds is 1. The molecule has 0 radical (unpaired) electrons. The van der Waals surface area contributed by atoms with Crippen molar-refractivity contribution in [3.63, 3.8) is 0 Å². The van der Waals surface area contributed by atoms with Crippen molar-refractivity contribution in [2.24, 2.45) is 0 Å². The fourth-order valence-electron chi connectivity index (χ4n) is 1.18. The summed E-state index contributed by atoms with van der Waals surface area (Å²) in [5, 5.41) is 7.44. The Hall–Kier alpha value is -1.36. The van der Waals surface area contributed by atoms with E-state index in [2.05, 4.69) is 26.1 Å². The summed E-state index contributed by atoms with van der Waals surface area (Å²) < 4.78 is 6.15. The number of hydrogen-bond donors (Lipinski definition) is 1. The summed E-state index contributed by atoms with van der Waals surface area (Å²) in [6, 6.07) is 5.86. The molecule has 0 atom stereocenters. The molecule has 1 heterocycles. The maximum Gasteiger partial charge on any atom is 0.313 e. The van der Waals surface area contributed by atoms with Gasteiger partial charge in [0.05, 0.1) is 0 Å². The predicted octanol–water partition coefficient (Wildman–Crippen LogP) is 2.39. The number of halogens is 1. The zero-order valence-electron chi connectivity index (χ0n) is 7.49. The van der Waals surface area contributed by atoms with E-state index in [1.54, 1.807) is 0 Å². The molecule has 0 amide bonds. The molecule has 0 spiro atoms. The normalized spacial score (nSPS) is 10.4. The van der Waals surface area contributed by atoms with E-state index in [0.29, 0.717) is 5.89 Å². The number of hydrogen-bond acceptors (Lipinski definition) is 4. The number of nitrogen functional groups attached to an aromatic ring is 1. The molecule has 0 fully saturated rings. The monoisotopic (exact) mass is 253 g/mol. The van der Waals surface area contributed by atoms with Gasteiger partial charge in [0.15, 0.2) is 0 Å². The lowest BCUT2D eigenvalue weighted by molar-refractivity contribution is 0.590. The largest absolute Gasteiger partial charge is 0.404 e. The average molecular weight is 254 g/mol. The second-order valence-corrected chi connectivity index (χ2v) is 3.71. The van der Waals surface area contributed by atoms with E-state index < -0.39 is 0 Å². The lowest BCUT2D eigenvalue weighted by Gasteiger charge is -2.01. The van der Waals surface area contributed by atoms with E-state index in [-0.39, 0.29) is 6.01 Å². The maximum atomic E-state index is 5.35. The van der Waals surface area contributed by atoms with Crippen LogP contribution in [0.2, 0.25) is 0 Å². The highest BCUT2D eigenvalue weighted by molar-refractivity contribution is 9.10. The Labute approximate surface area is 89.3 Å². The fourth-order valence-corrected chi connectivity index (χ4v) is 1.55. The van der Waals surface area contributed by atoms with Crippen LogP contribution in [0.15, 0.2) is 27.1 Å². The molecule has 2 rings (SSSR count). The summed E-state index contributed by atoms with van der Waals surface area (Å²) >= 11 is 3.43. The average Bonchev–Trinajstić information content (AvgIpc) is 2.57. The van der Waals surface area contributed by atoms with Crippen LogP contribution in [0.4, 0.5) is 6.01 Å². The highest BCUT2D eigenvalue weighted by atomic mass is 79.9. The molecule has 0 bridgehead atoms. The Bertz CT molecular complexity index is 467. The molecule has 1 aromatic heterocycles. The van der Waals surface area contributed by atoms with E-state index in [9.17, 15) is 0 Å². The number of nitrogens with zero attached hydrogens (tertiary/aromatic N) is 2. The van der Waals surface area contributed by atoms with Gasteiger partial charge in [0.2, 0.25) is 5.89 Å². The smallest absolute Gasteiger partial charge is 0.313 e. The van der Waals surface area contributed by atoms with Gasteiger partial charge in [-0.3, -0.25) is 0 Å². The second-order valence-electron chi connectivity index (χ2n) is 2.86. The maximum absolute atomic E-state index is 5.35. The Morgan fingerprint density at radius 1 is 1.36 bits per heavy atom. The minimum atomic E-state index is 0.0828. The molecule has 14 heavy (non-hydrogen) atoms. The third-order valence-corrected chi connectivity index (χ3v) is 2.80. The van der Waals surface area contributed by atoms with Crippen molar-refractivity contribution in [3.8, 4) is 11.5 Å². The third-order valence-electron chi connectivity index (χ3n) is 1.94. The number of anilines is 1. The molecule has 0 aliphatic rings. The van der Waals surface area contributed by atoms with Crippen LogP contribution in [0.3, 0.4) is 0 Å². The molecular weight excluding hydrogens is 246 g/mol. The van der Waals surface area contributed by atoms with E-state index in [1.165, 1.54) is 0 Å². The van der Waals surface area contributed by atoms with Crippen LogP contribution in [-0.4, -0.2) is 10.2 Å². The van der Waals surface area contributed by atoms with Crippen LogP contribution >= 0.6 is 15.9 Å². The zero-order chi connectivity index (χ0) is 10.1. The van der Waals surface area contributed by atoms with Gasteiger partial charge in [0.1, 0.15) is 0 Å². The summed E-state index contributed by atoms with van der Waals surface area (Å²) in [6.07, 6.45) is 0. The Morgan fingerprint density at radius 3 is 2.79 bits per heavy atom. The van der Waals surface area contributed by atoms with Crippen molar-refractivity contribution in [1.82, 2.24) is 10.2 Å². The van der Waals surface area contributed by atoms with E-state index in [4.69, 9.17) is 10.2 Å². The first kappa shape index (κ1) is 9.21. The van der Waals surface area contributed by atoms with Gasteiger partial charge in [-0.25, -0.2) is 0 Å². The highest BCUT2D eigenvalue weighted by Gasteiger charge is 2.10. The van der Waals surface area contributed by atoms with E-state index >= 15 is 0 Å². The molecule has 0 aliphatic carbocycles. The predicted molar refractivity (Wildman–Crippen MR) is 56.6 cm³/mol. The molecule has 0 aliphatic heterocycles. The van der Waals surface area contributed by atoms with Crippen molar-refractivity contribution in [1.29, 1.82) is 0 Å². The van der Waals surface area contributed by atoms with Crippen molar-refractivity contribution >= 4 is 21.9 Å². The minimum Gasteiger partial charge on any atom is -0.404 e. The number of nitrogens with two attached hydrogens (primary N) is 1. The van der Waals surface area contributed by atoms with E-state index in [1.807, 2.05) is 25.1 Å². The molecule has 72 valence electrons. The van der Waals surface area contributed by atoms with Crippen LogP contribution in [0.25, 0.3) is 11.5 Å². The molecule has 5 heteroatoms. The van der Waals surface area contributed by atoms with Crippen molar-refractivity contribution < 1.29 is 4.42 Å². The Kier molecular flexibility index (Phi) is 2.25. The summed E-state index contributed by atoms with van der Waals surface area (Å²) in [6.45, 7) is 1.97. The summed E-state index contributed by atoms with van der Waals surface area (Å²) in [5.41, 5.74) is 7.30. The van der Waals surface area contributed by atoms with Gasteiger partial charge in [-0.05, 0) is 24.6 Å². The molecule has 0 saturated carbocycles. The first-order valence-electron chi connectivity index (χ1n) is 4.03. The third kappa shape index (κ3) is 1.50. The molecular formula is C9H8BrN3O. The highest BCUT2D eigenvalue weighted by Crippen LogP contribution is 2.27.